The van der Waals surface area contributed by atoms with Crippen molar-refractivity contribution < 1.29 is 37.3 Å². The Labute approximate surface area is 120 Å². The Balaban J connectivity index is 2.14. The van der Waals surface area contributed by atoms with Crippen molar-refractivity contribution in [1.82, 2.24) is 0 Å². The zero-order valence-corrected chi connectivity index (χ0v) is 11.7. The summed E-state index contributed by atoms with van der Waals surface area (Å²) in [6.45, 7) is 1.99. The molecule has 1 aliphatic carbocycles. The number of halogens is 3. The minimum Gasteiger partial charge on any atom is -0.464 e. The molecule has 0 amide bonds. The lowest BCUT2D eigenvalue weighted by atomic mass is 9.74. The molecule has 0 bridgehead atoms. The Morgan fingerprint density at radius 3 is 2.24 bits per heavy atom. The molecule has 1 saturated heterocycles. The van der Waals surface area contributed by atoms with Crippen LogP contribution in [-0.2, 0) is 19.0 Å². The third-order valence-corrected chi connectivity index (χ3v) is 4.17. The number of hydrogen-bond acceptors (Lipinski definition) is 5. The molecule has 1 saturated carbocycles. The van der Waals surface area contributed by atoms with Crippen LogP contribution in [-0.4, -0.2) is 48.5 Å². The highest BCUT2D eigenvalue weighted by molar-refractivity contribution is 5.81. The fraction of sp³-hybridized carbons (Fsp3) is 0.923. The Kier molecular flexibility index (Phi) is 4.51. The molecule has 2 rings (SSSR count). The van der Waals surface area contributed by atoms with Crippen molar-refractivity contribution in [2.24, 2.45) is 5.92 Å². The number of ether oxygens (including phenoxy) is 3. The molecule has 0 aromatic rings. The largest absolute Gasteiger partial charge is 0.464 e. The van der Waals surface area contributed by atoms with E-state index in [0.29, 0.717) is 13.2 Å². The van der Waals surface area contributed by atoms with E-state index in [1.54, 1.807) is 0 Å². The zero-order chi connectivity index (χ0) is 15.7. The molecule has 2 fully saturated rings. The predicted octanol–water partition coefficient (Wildman–Crippen LogP) is 1.78. The standard InChI is InChI=1S/C13H19F3O5/c1-2-19-10(17)12(18,13(14,15)16)9-3-5-11(6-4-9)20-7-8-21-11/h9,18H,2-8H2,1H3. The van der Waals surface area contributed by atoms with E-state index in [2.05, 4.69) is 4.74 Å². The number of esters is 1. The van der Waals surface area contributed by atoms with E-state index < -0.39 is 29.5 Å². The third-order valence-electron chi connectivity index (χ3n) is 4.17. The summed E-state index contributed by atoms with van der Waals surface area (Å²) in [5, 5.41) is 10.0. The van der Waals surface area contributed by atoms with Gasteiger partial charge in [0.15, 0.2) is 5.79 Å². The number of carbonyl (C=O) groups excluding carboxylic acids is 1. The van der Waals surface area contributed by atoms with Crippen molar-refractivity contribution in [2.45, 2.75) is 50.2 Å². The first-order chi connectivity index (χ1) is 9.75. The number of rotatable bonds is 3. The molecule has 8 heteroatoms. The summed E-state index contributed by atoms with van der Waals surface area (Å²) in [6.07, 6.45) is -4.68. The van der Waals surface area contributed by atoms with Gasteiger partial charge in [-0.05, 0) is 19.8 Å². The molecular formula is C13H19F3O5. The monoisotopic (exact) mass is 312 g/mol. The molecule has 0 radical (unpaired) electrons. The van der Waals surface area contributed by atoms with E-state index in [0.717, 1.165) is 0 Å². The molecule has 122 valence electrons. The van der Waals surface area contributed by atoms with Crippen LogP contribution in [0.1, 0.15) is 32.6 Å². The molecule has 1 aliphatic heterocycles. The summed E-state index contributed by atoms with van der Waals surface area (Å²) in [7, 11) is 0. The molecule has 1 heterocycles. The van der Waals surface area contributed by atoms with E-state index in [1.165, 1.54) is 6.92 Å². The lowest BCUT2D eigenvalue weighted by molar-refractivity contribution is -0.288. The van der Waals surface area contributed by atoms with Crippen LogP contribution in [0.2, 0.25) is 0 Å². The number of hydrogen-bond donors (Lipinski definition) is 1. The maximum Gasteiger partial charge on any atom is 0.428 e. The molecule has 21 heavy (non-hydrogen) atoms. The molecule has 0 aromatic carbocycles. The first-order valence-corrected chi connectivity index (χ1v) is 6.99. The number of alkyl halides is 3. The Morgan fingerprint density at radius 2 is 1.81 bits per heavy atom. The van der Waals surface area contributed by atoms with Crippen LogP contribution in [0.4, 0.5) is 13.2 Å². The molecule has 1 N–H and O–H groups in total. The van der Waals surface area contributed by atoms with Gasteiger partial charge in [-0.25, -0.2) is 4.79 Å². The minimum absolute atomic E-state index is 0.0190. The lowest BCUT2D eigenvalue weighted by Gasteiger charge is -2.41. The average molecular weight is 312 g/mol. The summed E-state index contributed by atoms with van der Waals surface area (Å²) in [6, 6.07) is 0. The quantitative estimate of drug-likeness (QED) is 0.805. The van der Waals surface area contributed by atoms with Gasteiger partial charge in [0.05, 0.1) is 19.8 Å². The Morgan fingerprint density at radius 1 is 1.29 bits per heavy atom. The fourth-order valence-corrected chi connectivity index (χ4v) is 3.02. The summed E-state index contributed by atoms with van der Waals surface area (Å²) in [4.78, 5) is 11.7. The van der Waals surface area contributed by atoms with Crippen LogP contribution in [0.3, 0.4) is 0 Å². The van der Waals surface area contributed by atoms with Crippen molar-refractivity contribution in [3.63, 3.8) is 0 Å². The highest BCUT2D eigenvalue weighted by Crippen LogP contribution is 2.47. The maximum absolute atomic E-state index is 13.2. The van der Waals surface area contributed by atoms with Crippen LogP contribution in [0.5, 0.6) is 0 Å². The predicted molar refractivity (Wildman–Crippen MR) is 64.2 cm³/mol. The normalized spacial score (nSPS) is 25.8. The van der Waals surface area contributed by atoms with Crippen molar-refractivity contribution in [2.75, 3.05) is 19.8 Å². The number of carbonyl (C=O) groups is 1. The van der Waals surface area contributed by atoms with Crippen molar-refractivity contribution in [1.29, 1.82) is 0 Å². The van der Waals surface area contributed by atoms with Gasteiger partial charge in [0.25, 0.3) is 5.60 Å². The average Bonchev–Trinajstić information content (AvgIpc) is 2.86. The van der Waals surface area contributed by atoms with E-state index >= 15 is 0 Å². The highest BCUT2D eigenvalue weighted by Gasteiger charge is 2.66. The van der Waals surface area contributed by atoms with Gasteiger partial charge in [-0.15, -0.1) is 0 Å². The summed E-state index contributed by atoms with van der Waals surface area (Å²) < 4.78 is 55.0. The molecule has 5 nitrogen and oxygen atoms in total. The van der Waals surface area contributed by atoms with Gasteiger partial charge in [-0.3, -0.25) is 0 Å². The first-order valence-electron chi connectivity index (χ1n) is 6.99. The second-order valence-electron chi connectivity index (χ2n) is 5.37. The Bertz CT molecular complexity index is 382. The van der Waals surface area contributed by atoms with E-state index in [1.807, 2.05) is 0 Å². The molecule has 1 spiro atoms. The van der Waals surface area contributed by atoms with Crippen LogP contribution in [0.25, 0.3) is 0 Å². The van der Waals surface area contributed by atoms with Crippen molar-refractivity contribution in [3.05, 3.63) is 0 Å². The SMILES string of the molecule is CCOC(=O)C(O)(C1CCC2(CC1)OCCO2)C(F)(F)F. The molecular weight excluding hydrogens is 293 g/mol. The van der Waals surface area contributed by atoms with Crippen LogP contribution < -0.4 is 0 Å². The van der Waals surface area contributed by atoms with Crippen LogP contribution in [0.15, 0.2) is 0 Å². The second-order valence-corrected chi connectivity index (χ2v) is 5.37. The maximum atomic E-state index is 13.2. The number of aliphatic hydroxyl groups is 1. The molecule has 1 atom stereocenters. The summed E-state index contributed by atoms with van der Waals surface area (Å²) in [5.41, 5.74) is -3.47. The van der Waals surface area contributed by atoms with Gasteiger partial charge >= 0.3 is 12.1 Å². The molecule has 1 unspecified atom stereocenters. The Hall–Kier alpha value is -0.860. The van der Waals surface area contributed by atoms with Crippen molar-refractivity contribution in [3.8, 4) is 0 Å². The third kappa shape index (κ3) is 2.89. The zero-order valence-electron chi connectivity index (χ0n) is 11.7. The van der Waals surface area contributed by atoms with Gasteiger partial charge in [-0.1, -0.05) is 0 Å². The van der Waals surface area contributed by atoms with E-state index in [-0.39, 0.29) is 32.3 Å². The highest BCUT2D eigenvalue weighted by atomic mass is 19.4. The topological polar surface area (TPSA) is 65.0 Å². The van der Waals surface area contributed by atoms with Gasteiger partial charge in [0, 0.05) is 18.8 Å². The van der Waals surface area contributed by atoms with Gasteiger partial charge in [0.1, 0.15) is 0 Å². The first kappa shape index (κ1) is 16.5. The van der Waals surface area contributed by atoms with Gasteiger partial charge in [-0.2, -0.15) is 13.2 Å². The fourth-order valence-electron chi connectivity index (χ4n) is 3.02. The lowest BCUT2D eigenvalue weighted by Crippen LogP contribution is -2.59. The summed E-state index contributed by atoms with van der Waals surface area (Å²) in [5.74, 6) is -3.74. The van der Waals surface area contributed by atoms with Gasteiger partial charge < -0.3 is 19.3 Å². The second kappa shape index (κ2) is 5.73. The van der Waals surface area contributed by atoms with Crippen LogP contribution in [0, 0.1) is 5.92 Å². The molecule has 2 aliphatic rings. The molecule has 0 aromatic heterocycles. The van der Waals surface area contributed by atoms with Crippen LogP contribution >= 0.6 is 0 Å². The van der Waals surface area contributed by atoms with Crippen molar-refractivity contribution >= 4 is 5.97 Å². The smallest absolute Gasteiger partial charge is 0.428 e. The van der Waals surface area contributed by atoms with Gasteiger partial charge in [0.2, 0.25) is 0 Å². The van der Waals surface area contributed by atoms with E-state index in [9.17, 15) is 23.1 Å². The summed E-state index contributed by atoms with van der Waals surface area (Å²) >= 11 is 0. The minimum atomic E-state index is -5.08. The van der Waals surface area contributed by atoms with E-state index in [4.69, 9.17) is 9.47 Å².